The number of carboxylic acid groups (broad SMARTS) is 1. The Bertz CT molecular complexity index is 1260. The SMILES string of the molecule is C[C@H](Cc1ccc2c(c1)OC(C(=O)O)(C(=O)OCC13CC4CC(CC(C4)C1)C3)O2)NCC(O)c1cccc(Cl)c1. The van der Waals surface area contributed by atoms with E-state index in [9.17, 15) is 19.8 Å². The summed E-state index contributed by atoms with van der Waals surface area (Å²) in [6.45, 7) is 2.53. The zero-order chi connectivity index (χ0) is 28.1. The van der Waals surface area contributed by atoms with Gasteiger partial charge in [0, 0.05) is 23.0 Å². The smallest absolute Gasteiger partial charge is 0.453 e. The quantitative estimate of drug-likeness (QED) is 0.273. The predicted octanol–water partition coefficient (Wildman–Crippen LogP) is 4.91. The van der Waals surface area contributed by atoms with Gasteiger partial charge in [-0.15, -0.1) is 0 Å². The number of ether oxygens (including phenoxy) is 3. The maximum atomic E-state index is 13.2. The van der Waals surface area contributed by atoms with E-state index >= 15 is 0 Å². The zero-order valence-corrected chi connectivity index (χ0v) is 23.4. The normalized spacial score (nSPS) is 31.1. The third kappa shape index (κ3) is 5.29. The van der Waals surface area contributed by atoms with Gasteiger partial charge in [-0.05, 0) is 105 Å². The summed E-state index contributed by atoms with van der Waals surface area (Å²) >= 11 is 6.03. The van der Waals surface area contributed by atoms with E-state index in [0.717, 1.165) is 30.4 Å². The second-order valence-electron chi connectivity index (χ2n) is 12.5. The molecule has 40 heavy (non-hydrogen) atoms. The number of carbonyl (C=O) groups excluding carboxylic acids is 1. The highest BCUT2D eigenvalue weighted by Crippen LogP contribution is 2.60. The molecule has 8 nitrogen and oxygen atoms in total. The van der Waals surface area contributed by atoms with Crippen molar-refractivity contribution in [3.8, 4) is 11.5 Å². The standard InChI is InChI=1S/C31H36ClNO7/c1-18(33-16-25(34)23-3-2-4-24(32)12-23)7-19-5-6-26-27(11-19)40-31(39-26,28(35)36)29(37)38-17-30-13-20-8-21(14-30)10-22(9-20)15-30/h2-6,11-12,18,20-22,25,33-34H,7-10,13-17H2,1H3,(H,35,36)/t18-,20?,21?,22?,25?,30?,31?/m1/s1. The van der Waals surface area contributed by atoms with Crippen LogP contribution in [0.3, 0.4) is 0 Å². The van der Waals surface area contributed by atoms with Crippen molar-refractivity contribution in [1.82, 2.24) is 5.32 Å². The molecule has 4 bridgehead atoms. The number of nitrogens with one attached hydrogen (secondary N) is 1. The van der Waals surface area contributed by atoms with E-state index in [0.29, 0.717) is 35.7 Å². The molecule has 4 fully saturated rings. The number of benzene rings is 2. The van der Waals surface area contributed by atoms with Crippen LogP contribution in [0.15, 0.2) is 42.5 Å². The van der Waals surface area contributed by atoms with E-state index < -0.39 is 23.8 Å². The first-order valence-electron chi connectivity index (χ1n) is 14.2. The summed E-state index contributed by atoms with van der Waals surface area (Å²) in [6, 6.07) is 12.2. The molecule has 0 amide bonds. The molecular formula is C31H36ClNO7. The van der Waals surface area contributed by atoms with Crippen molar-refractivity contribution in [1.29, 1.82) is 0 Å². The molecule has 1 heterocycles. The number of aliphatic carboxylic acids is 1. The Balaban J connectivity index is 1.07. The minimum absolute atomic E-state index is 0.0105. The number of rotatable bonds is 10. The predicted molar refractivity (Wildman–Crippen MR) is 147 cm³/mol. The summed E-state index contributed by atoms with van der Waals surface area (Å²) in [5.74, 6) is -2.64. The lowest BCUT2D eigenvalue weighted by atomic mass is 9.50. The van der Waals surface area contributed by atoms with Gasteiger partial charge in [0.05, 0.1) is 12.7 Å². The first-order valence-corrected chi connectivity index (χ1v) is 14.6. The Hall–Kier alpha value is -2.81. The lowest BCUT2D eigenvalue weighted by molar-refractivity contribution is -0.204. The van der Waals surface area contributed by atoms with Crippen LogP contribution in [0.1, 0.15) is 62.7 Å². The number of halogens is 1. The Morgan fingerprint density at radius 1 is 1.05 bits per heavy atom. The van der Waals surface area contributed by atoms with Crippen molar-refractivity contribution >= 4 is 23.5 Å². The molecule has 2 aromatic rings. The molecule has 2 unspecified atom stereocenters. The maximum absolute atomic E-state index is 13.2. The summed E-state index contributed by atoms with van der Waals surface area (Å²) in [7, 11) is 0. The maximum Gasteiger partial charge on any atom is 0.453 e. The summed E-state index contributed by atoms with van der Waals surface area (Å²) in [5.41, 5.74) is 1.55. The third-order valence-electron chi connectivity index (χ3n) is 9.18. The molecule has 9 heteroatoms. The van der Waals surface area contributed by atoms with E-state index in [-0.39, 0.29) is 29.6 Å². The Morgan fingerprint density at radius 3 is 2.38 bits per heavy atom. The Labute approximate surface area is 239 Å². The average Bonchev–Trinajstić information content (AvgIpc) is 3.30. The number of hydrogen-bond acceptors (Lipinski definition) is 7. The molecule has 7 rings (SSSR count). The molecule has 214 valence electrons. The van der Waals surface area contributed by atoms with Gasteiger partial charge in [0.2, 0.25) is 0 Å². The highest BCUT2D eigenvalue weighted by atomic mass is 35.5. The molecule has 3 N–H and O–H groups in total. The molecule has 0 radical (unpaired) electrons. The van der Waals surface area contributed by atoms with E-state index in [1.807, 2.05) is 19.1 Å². The van der Waals surface area contributed by atoms with Gasteiger partial charge >= 0.3 is 17.7 Å². The number of aliphatic hydroxyl groups excluding tert-OH is 1. The van der Waals surface area contributed by atoms with Crippen LogP contribution in [0.25, 0.3) is 0 Å². The molecule has 0 saturated heterocycles. The highest BCUT2D eigenvalue weighted by Gasteiger charge is 2.60. The first kappa shape index (κ1) is 27.4. The second-order valence-corrected chi connectivity index (χ2v) is 12.9. The molecule has 2 aromatic carbocycles. The van der Waals surface area contributed by atoms with Gasteiger partial charge < -0.3 is 29.7 Å². The average molecular weight is 570 g/mol. The van der Waals surface area contributed by atoms with Gasteiger partial charge in [-0.1, -0.05) is 29.8 Å². The molecule has 4 aliphatic carbocycles. The molecule has 1 aliphatic heterocycles. The van der Waals surface area contributed by atoms with Crippen LogP contribution in [-0.4, -0.2) is 47.1 Å². The van der Waals surface area contributed by atoms with Crippen LogP contribution >= 0.6 is 11.6 Å². The van der Waals surface area contributed by atoms with Crippen LogP contribution in [0.2, 0.25) is 5.02 Å². The first-order chi connectivity index (χ1) is 19.1. The molecule has 4 saturated carbocycles. The topological polar surface area (TPSA) is 114 Å². The minimum atomic E-state index is -2.55. The highest BCUT2D eigenvalue weighted by molar-refractivity contribution is 6.30. The fraction of sp³-hybridized carbons (Fsp3) is 0.548. The number of carboxylic acids is 1. The fourth-order valence-electron chi connectivity index (χ4n) is 7.78. The number of carbonyl (C=O) groups is 2. The second kappa shape index (κ2) is 10.5. The van der Waals surface area contributed by atoms with E-state index in [2.05, 4.69) is 5.32 Å². The lowest BCUT2D eigenvalue weighted by Crippen LogP contribution is -2.56. The van der Waals surface area contributed by atoms with Gasteiger partial charge in [0.1, 0.15) is 0 Å². The van der Waals surface area contributed by atoms with E-state index in [1.54, 1.807) is 30.3 Å². The monoisotopic (exact) mass is 569 g/mol. The van der Waals surface area contributed by atoms with Gasteiger partial charge in [-0.25, -0.2) is 9.59 Å². The van der Waals surface area contributed by atoms with Crippen molar-refractivity contribution in [2.75, 3.05) is 13.2 Å². The number of fused-ring (bicyclic) bond motifs is 1. The Morgan fingerprint density at radius 2 is 1.73 bits per heavy atom. The zero-order valence-electron chi connectivity index (χ0n) is 22.6. The minimum Gasteiger partial charge on any atom is -0.475 e. The fourth-order valence-corrected chi connectivity index (χ4v) is 7.98. The number of esters is 1. The van der Waals surface area contributed by atoms with Crippen LogP contribution in [0.5, 0.6) is 11.5 Å². The van der Waals surface area contributed by atoms with Crippen molar-refractivity contribution in [3.05, 3.63) is 58.6 Å². The van der Waals surface area contributed by atoms with Crippen LogP contribution in [-0.2, 0) is 20.7 Å². The summed E-state index contributed by atoms with van der Waals surface area (Å²) in [4.78, 5) is 25.5. The van der Waals surface area contributed by atoms with Gasteiger partial charge in [-0.3, -0.25) is 0 Å². The number of aliphatic hydroxyl groups is 1. The molecule has 0 spiro atoms. The largest absolute Gasteiger partial charge is 0.475 e. The molecule has 0 aromatic heterocycles. The van der Waals surface area contributed by atoms with Crippen molar-refractivity contribution in [3.63, 3.8) is 0 Å². The lowest BCUT2D eigenvalue weighted by Gasteiger charge is -2.56. The summed E-state index contributed by atoms with van der Waals surface area (Å²) in [5, 5.41) is 24.4. The van der Waals surface area contributed by atoms with Crippen molar-refractivity contribution in [2.24, 2.45) is 23.2 Å². The Kier molecular flexibility index (Phi) is 7.21. The molecule has 5 aliphatic rings. The van der Waals surface area contributed by atoms with Crippen LogP contribution < -0.4 is 14.8 Å². The molecule has 3 atom stereocenters. The summed E-state index contributed by atoms with van der Waals surface area (Å²) in [6.07, 6.45) is 6.81. The number of hydrogen-bond donors (Lipinski definition) is 3. The van der Waals surface area contributed by atoms with Crippen LogP contribution in [0.4, 0.5) is 0 Å². The van der Waals surface area contributed by atoms with Crippen molar-refractivity contribution < 1.29 is 34.0 Å². The third-order valence-corrected chi connectivity index (χ3v) is 9.41. The van der Waals surface area contributed by atoms with Gasteiger partial charge in [-0.2, -0.15) is 0 Å². The summed E-state index contributed by atoms with van der Waals surface area (Å²) < 4.78 is 17.0. The van der Waals surface area contributed by atoms with Gasteiger partial charge in [0.25, 0.3) is 0 Å². The van der Waals surface area contributed by atoms with Crippen molar-refractivity contribution in [2.45, 2.75) is 69.8 Å². The van der Waals surface area contributed by atoms with E-state index in [1.165, 1.54) is 19.3 Å². The van der Waals surface area contributed by atoms with Gasteiger partial charge in [0.15, 0.2) is 11.5 Å². The molecular weight excluding hydrogens is 534 g/mol. The van der Waals surface area contributed by atoms with Crippen LogP contribution in [0, 0.1) is 23.2 Å². The van der Waals surface area contributed by atoms with E-state index in [4.69, 9.17) is 25.8 Å².